The monoisotopic (exact) mass is 346 g/mol. The molecule has 0 saturated heterocycles. The van der Waals surface area contributed by atoms with Gasteiger partial charge in [-0.05, 0) is 49.6 Å². The van der Waals surface area contributed by atoms with Crippen LogP contribution in [-0.4, -0.2) is 17.9 Å². The van der Waals surface area contributed by atoms with Crippen molar-refractivity contribution in [3.05, 3.63) is 52.2 Å². The van der Waals surface area contributed by atoms with Gasteiger partial charge in [0.05, 0.1) is 9.88 Å². The molecule has 1 aliphatic rings. The summed E-state index contributed by atoms with van der Waals surface area (Å²) in [7, 11) is 0. The fourth-order valence-corrected chi connectivity index (χ4v) is 3.87. The molecule has 0 atom stereocenters. The lowest BCUT2D eigenvalue weighted by atomic mass is 10.2. The Morgan fingerprint density at radius 1 is 1.17 bits per heavy atom. The zero-order chi connectivity index (χ0) is 17.1. The summed E-state index contributed by atoms with van der Waals surface area (Å²) >= 11 is 1.24. The van der Waals surface area contributed by atoms with Crippen LogP contribution in [0, 0.1) is 12.7 Å². The van der Waals surface area contributed by atoms with Gasteiger partial charge < -0.3 is 10.6 Å². The number of benzene rings is 1. The molecule has 1 aliphatic carbocycles. The number of carbonyl (C=O) groups is 2. The fourth-order valence-electron chi connectivity index (χ4n) is 2.90. The predicted molar refractivity (Wildman–Crippen MR) is 93.1 cm³/mol. The van der Waals surface area contributed by atoms with Gasteiger partial charge in [0.15, 0.2) is 0 Å². The summed E-state index contributed by atoms with van der Waals surface area (Å²) in [5.74, 6) is -0.934. The predicted octanol–water partition coefficient (Wildman–Crippen LogP) is 4.12. The van der Waals surface area contributed by atoms with Crippen LogP contribution in [0.3, 0.4) is 0 Å². The molecular formula is C18H19FN2O2S. The maximum Gasteiger partial charge on any atom is 0.261 e. The fraction of sp³-hybridized carbons (Fsp3) is 0.333. The van der Waals surface area contributed by atoms with Gasteiger partial charge in [-0.2, -0.15) is 0 Å². The highest BCUT2D eigenvalue weighted by Crippen LogP contribution is 2.28. The normalized spacial score (nSPS) is 14.6. The van der Waals surface area contributed by atoms with Gasteiger partial charge in [0, 0.05) is 11.6 Å². The number of nitrogens with one attached hydrogen (secondary N) is 2. The smallest absolute Gasteiger partial charge is 0.261 e. The van der Waals surface area contributed by atoms with Gasteiger partial charge in [0.1, 0.15) is 5.82 Å². The van der Waals surface area contributed by atoms with E-state index >= 15 is 0 Å². The maximum absolute atomic E-state index is 13.2. The van der Waals surface area contributed by atoms with Gasteiger partial charge in [0.2, 0.25) is 0 Å². The largest absolute Gasteiger partial charge is 0.349 e. The molecule has 1 fully saturated rings. The van der Waals surface area contributed by atoms with E-state index in [0.717, 1.165) is 31.2 Å². The average Bonchev–Trinajstić information content (AvgIpc) is 3.17. The van der Waals surface area contributed by atoms with Crippen molar-refractivity contribution in [3.8, 4) is 0 Å². The molecule has 0 bridgehead atoms. The lowest BCUT2D eigenvalue weighted by Gasteiger charge is -2.11. The standard InChI is InChI=1S/C18H19FN2O2S/c1-11-9-15(21-17(22)12-5-4-6-13(19)10-12)24-16(11)18(23)20-14-7-2-3-8-14/h4-6,9-10,14H,2-3,7-8H2,1H3,(H,20,23)(H,21,22). The Balaban J connectivity index is 1.69. The Morgan fingerprint density at radius 2 is 1.92 bits per heavy atom. The molecule has 1 saturated carbocycles. The summed E-state index contributed by atoms with van der Waals surface area (Å²) in [6, 6.07) is 7.54. The second-order valence-electron chi connectivity index (χ2n) is 6.04. The highest BCUT2D eigenvalue weighted by Gasteiger charge is 2.21. The Labute approximate surface area is 144 Å². The first-order chi connectivity index (χ1) is 11.5. The van der Waals surface area contributed by atoms with E-state index < -0.39 is 11.7 Å². The van der Waals surface area contributed by atoms with Crippen LogP contribution in [0.1, 0.15) is 51.3 Å². The molecule has 1 aromatic heterocycles. The van der Waals surface area contributed by atoms with E-state index in [9.17, 15) is 14.0 Å². The SMILES string of the molecule is Cc1cc(NC(=O)c2cccc(F)c2)sc1C(=O)NC1CCCC1. The van der Waals surface area contributed by atoms with Crippen LogP contribution in [0.15, 0.2) is 30.3 Å². The Morgan fingerprint density at radius 3 is 2.62 bits per heavy atom. The molecule has 126 valence electrons. The number of hydrogen-bond acceptors (Lipinski definition) is 3. The zero-order valence-electron chi connectivity index (χ0n) is 13.4. The number of anilines is 1. The van der Waals surface area contributed by atoms with Crippen LogP contribution in [-0.2, 0) is 0 Å². The first kappa shape index (κ1) is 16.6. The molecule has 2 N–H and O–H groups in total. The number of amides is 2. The summed E-state index contributed by atoms with van der Waals surface area (Å²) in [4.78, 5) is 25.1. The quantitative estimate of drug-likeness (QED) is 0.875. The van der Waals surface area contributed by atoms with E-state index in [1.807, 2.05) is 6.92 Å². The third kappa shape index (κ3) is 3.82. The molecule has 0 unspecified atom stereocenters. The van der Waals surface area contributed by atoms with Crippen LogP contribution >= 0.6 is 11.3 Å². The molecule has 6 heteroatoms. The molecule has 24 heavy (non-hydrogen) atoms. The van der Waals surface area contributed by atoms with Crippen molar-refractivity contribution in [3.63, 3.8) is 0 Å². The second kappa shape index (κ2) is 7.13. The summed E-state index contributed by atoms with van der Waals surface area (Å²) in [5.41, 5.74) is 1.07. The summed E-state index contributed by atoms with van der Waals surface area (Å²) in [6.07, 6.45) is 4.37. The van der Waals surface area contributed by atoms with Crippen LogP contribution in [0.25, 0.3) is 0 Å². The van der Waals surface area contributed by atoms with Crippen LogP contribution in [0.2, 0.25) is 0 Å². The number of aryl methyl sites for hydroxylation is 1. The topological polar surface area (TPSA) is 58.2 Å². The third-order valence-electron chi connectivity index (χ3n) is 4.14. The highest BCUT2D eigenvalue weighted by molar-refractivity contribution is 7.18. The van der Waals surface area contributed by atoms with Crippen molar-refractivity contribution in [2.45, 2.75) is 38.6 Å². The van der Waals surface area contributed by atoms with Gasteiger partial charge >= 0.3 is 0 Å². The Hall–Kier alpha value is -2.21. The molecule has 1 aromatic carbocycles. The van der Waals surface area contributed by atoms with Crippen molar-refractivity contribution < 1.29 is 14.0 Å². The number of rotatable bonds is 4. The summed E-state index contributed by atoms with van der Waals surface area (Å²) in [5, 5.41) is 6.36. The first-order valence-corrected chi connectivity index (χ1v) is 8.83. The minimum absolute atomic E-state index is 0.0874. The van der Waals surface area contributed by atoms with Crippen LogP contribution < -0.4 is 10.6 Å². The molecular weight excluding hydrogens is 327 g/mol. The number of thiophene rings is 1. The van der Waals surface area contributed by atoms with Gasteiger partial charge in [-0.3, -0.25) is 9.59 Å². The molecule has 0 aliphatic heterocycles. The van der Waals surface area contributed by atoms with Crippen molar-refractivity contribution in [2.75, 3.05) is 5.32 Å². The highest BCUT2D eigenvalue weighted by atomic mass is 32.1. The minimum Gasteiger partial charge on any atom is -0.349 e. The van der Waals surface area contributed by atoms with Crippen molar-refractivity contribution in [1.82, 2.24) is 5.32 Å². The van der Waals surface area contributed by atoms with E-state index in [-0.39, 0.29) is 17.5 Å². The molecule has 4 nitrogen and oxygen atoms in total. The maximum atomic E-state index is 13.2. The number of carbonyl (C=O) groups excluding carboxylic acids is 2. The van der Waals surface area contributed by atoms with Crippen LogP contribution in [0.5, 0.6) is 0 Å². The Kier molecular flexibility index (Phi) is 4.94. The first-order valence-electron chi connectivity index (χ1n) is 8.01. The van der Waals surface area contributed by atoms with E-state index in [0.29, 0.717) is 9.88 Å². The van der Waals surface area contributed by atoms with Crippen molar-refractivity contribution in [2.24, 2.45) is 0 Å². The second-order valence-corrected chi connectivity index (χ2v) is 7.09. The molecule has 3 rings (SSSR count). The van der Waals surface area contributed by atoms with Crippen molar-refractivity contribution in [1.29, 1.82) is 0 Å². The molecule has 0 spiro atoms. The summed E-state index contributed by atoms with van der Waals surface area (Å²) in [6.45, 7) is 1.85. The van der Waals surface area contributed by atoms with Gasteiger partial charge in [0.25, 0.3) is 11.8 Å². The number of hydrogen-bond donors (Lipinski definition) is 2. The molecule has 0 radical (unpaired) electrons. The minimum atomic E-state index is -0.457. The van der Waals surface area contributed by atoms with E-state index in [1.165, 1.54) is 29.5 Å². The third-order valence-corrected chi connectivity index (χ3v) is 5.29. The lowest BCUT2D eigenvalue weighted by molar-refractivity contribution is 0.0940. The molecule has 2 amide bonds. The van der Waals surface area contributed by atoms with Gasteiger partial charge in [-0.15, -0.1) is 11.3 Å². The van der Waals surface area contributed by atoms with E-state index in [4.69, 9.17) is 0 Å². The Bertz CT molecular complexity index is 766. The summed E-state index contributed by atoms with van der Waals surface area (Å²) < 4.78 is 13.2. The zero-order valence-corrected chi connectivity index (χ0v) is 14.2. The molecule has 2 aromatic rings. The van der Waals surface area contributed by atoms with E-state index in [2.05, 4.69) is 10.6 Å². The molecule has 1 heterocycles. The lowest BCUT2D eigenvalue weighted by Crippen LogP contribution is -2.32. The van der Waals surface area contributed by atoms with Gasteiger partial charge in [-0.1, -0.05) is 18.9 Å². The average molecular weight is 346 g/mol. The van der Waals surface area contributed by atoms with Crippen molar-refractivity contribution >= 4 is 28.2 Å². The van der Waals surface area contributed by atoms with E-state index in [1.54, 1.807) is 12.1 Å². The van der Waals surface area contributed by atoms with Gasteiger partial charge in [-0.25, -0.2) is 4.39 Å². The number of halogens is 1. The van der Waals surface area contributed by atoms with Crippen LogP contribution in [0.4, 0.5) is 9.39 Å².